The van der Waals surface area contributed by atoms with E-state index in [-0.39, 0.29) is 8.27 Å². The molecule has 0 heterocycles. The van der Waals surface area contributed by atoms with E-state index in [2.05, 4.69) is 37.3 Å². The van der Waals surface area contributed by atoms with Crippen molar-refractivity contribution in [2.45, 2.75) is 19.8 Å². The van der Waals surface area contributed by atoms with Gasteiger partial charge in [0.2, 0.25) is 0 Å². The fraction of sp³-hybridized carbons (Fsp3) is 0.400. The van der Waals surface area contributed by atoms with E-state index in [1.165, 1.54) is 19.0 Å². The van der Waals surface area contributed by atoms with Crippen molar-refractivity contribution < 1.29 is 0 Å². The molecule has 0 amide bonds. The molecule has 0 radical (unpaired) electrons. The van der Waals surface area contributed by atoms with Crippen LogP contribution in [0.3, 0.4) is 0 Å². The Bertz CT molecular complexity index is 196. The maximum absolute atomic E-state index is 2.28. The molecule has 0 saturated carbocycles. The van der Waals surface area contributed by atoms with Crippen molar-refractivity contribution in [1.82, 2.24) is 0 Å². The van der Waals surface area contributed by atoms with E-state index in [9.17, 15) is 0 Å². The zero-order valence-electron chi connectivity index (χ0n) is 7.72. The van der Waals surface area contributed by atoms with Gasteiger partial charge in [-0.2, -0.15) is 0 Å². The normalized spacial score (nSPS) is 11.4. The predicted molar refractivity (Wildman–Crippen MR) is 65.3 cm³/mol. The van der Waals surface area contributed by atoms with E-state index < -0.39 is 0 Å². The standard InChI is InChI=1S/C10H18P2/c1-2-3-9-11-12-10-7-5-4-6-8-10/h4-8,12H,2-3,9H2,1,11H3. The van der Waals surface area contributed by atoms with Crippen molar-refractivity contribution in [2.24, 2.45) is 0 Å². The molecule has 1 atom stereocenters. The van der Waals surface area contributed by atoms with Crippen LogP contribution in [0.1, 0.15) is 19.8 Å². The molecular weight excluding hydrogens is 182 g/mol. The van der Waals surface area contributed by atoms with Crippen LogP contribution in [0.25, 0.3) is 0 Å². The quantitative estimate of drug-likeness (QED) is 0.506. The van der Waals surface area contributed by atoms with Gasteiger partial charge in [0.1, 0.15) is 0 Å². The van der Waals surface area contributed by atoms with Gasteiger partial charge in [-0.15, -0.1) is 0 Å². The first-order chi connectivity index (χ1) is 5.93. The van der Waals surface area contributed by atoms with Crippen LogP contribution in [0.2, 0.25) is 0 Å². The van der Waals surface area contributed by atoms with Crippen LogP contribution in [0.5, 0.6) is 0 Å². The molecule has 1 unspecified atom stereocenters. The molecule has 0 aliphatic heterocycles. The molecule has 68 valence electrons. The summed E-state index contributed by atoms with van der Waals surface area (Å²) >= 11 is 0. The summed E-state index contributed by atoms with van der Waals surface area (Å²) < 4.78 is 0. The van der Waals surface area contributed by atoms with Crippen LogP contribution >= 0.6 is 16.5 Å². The van der Waals surface area contributed by atoms with Gasteiger partial charge in [-0.1, -0.05) is 0 Å². The second-order valence-electron chi connectivity index (χ2n) is 3.00. The fourth-order valence-electron chi connectivity index (χ4n) is 1.16. The number of unbranched alkanes of at least 4 members (excludes halogenated alkanes) is 1. The maximum atomic E-state index is 2.28. The van der Waals surface area contributed by atoms with Crippen LogP contribution in [-0.4, -0.2) is 6.16 Å². The summed E-state index contributed by atoms with van der Waals surface area (Å²) in [6.07, 6.45) is 4.35. The molecule has 0 N–H and O–H groups in total. The van der Waals surface area contributed by atoms with Crippen LogP contribution in [0, 0.1) is 0 Å². The Morgan fingerprint density at radius 3 is 2.67 bits per heavy atom. The molecule has 0 nitrogen and oxygen atoms in total. The number of benzene rings is 1. The Labute approximate surface area is 78.6 Å². The van der Waals surface area contributed by atoms with Gasteiger partial charge in [-0.3, -0.25) is 0 Å². The van der Waals surface area contributed by atoms with E-state index in [0.717, 1.165) is 8.27 Å². The molecule has 1 rings (SSSR count). The molecular formula is C10H18P2. The zero-order valence-corrected chi connectivity index (χ0v) is 10.1. The molecule has 0 aromatic heterocycles. The molecule has 0 aliphatic rings. The van der Waals surface area contributed by atoms with Crippen molar-refractivity contribution >= 4 is 21.8 Å². The van der Waals surface area contributed by atoms with Gasteiger partial charge in [0.25, 0.3) is 0 Å². The summed E-state index contributed by atoms with van der Waals surface area (Å²) in [5.41, 5.74) is 0. The Balaban J connectivity index is 2.16. The number of rotatable bonds is 5. The van der Waals surface area contributed by atoms with Crippen molar-refractivity contribution in [3.8, 4) is 0 Å². The third kappa shape index (κ3) is 4.19. The summed E-state index contributed by atoms with van der Waals surface area (Å²) in [7, 11) is 1.38. The van der Waals surface area contributed by atoms with E-state index in [0.29, 0.717) is 0 Å². The van der Waals surface area contributed by atoms with Gasteiger partial charge in [0, 0.05) is 0 Å². The second kappa shape index (κ2) is 6.58. The van der Waals surface area contributed by atoms with Gasteiger partial charge in [0.15, 0.2) is 0 Å². The van der Waals surface area contributed by atoms with E-state index in [1.807, 2.05) is 0 Å². The SMILES string of the molecule is CCCC[PH3]Pc1ccccc1. The van der Waals surface area contributed by atoms with Gasteiger partial charge in [-0.25, -0.2) is 0 Å². The second-order valence-corrected chi connectivity index (χ2v) is 7.70. The molecule has 1 aromatic carbocycles. The minimum absolute atomic E-state index is 0.230. The van der Waals surface area contributed by atoms with Crippen LogP contribution in [0.4, 0.5) is 0 Å². The van der Waals surface area contributed by atoms with Crippen molar-refractivity contribution in [3.05, 3.63) is 30.3 Å². The van der Waals surface area contributed by atoms with Crippen LogP contribution < -0.4 is 5.30 Å². The summed E-state index contributed by atoms with van der Waals surface area (Å²) in [6.45, 7) is 2.28. The van der Waals surface area contributed by atoms with E-state index >= 15 is 0 Å². The Kier molecular flexibility index (Phi) is 5.57. The number of hydrogen-bond acceptors (Lipinski definition) is 0. The van der Waals surface area contributed by atoms with Gasteiger partial charge < -0.3 is 0 Å². The molecule has 2 heteroatoms. The fourth-order valence-corrected chi connectivity index (χ4v) is 5.66. The number of hydrogen-bond donors (Lipinski definition) is 0. The molecule has 0 spiro atoms. The third-order valence-electron chi connectivity index (χ3n) is 1.88. The van der Waals surface area contributed by atoms with E-state index in [4.69, 9.17) is 0 Å². The van der Waals surface area contributed by atoms with Crippen LogP contribution in [-0.2, 0) is 0 Å². The predicted octanol–water partition coefficient (Wildman–Crippen LogP) is 2.85. The Hall–Kier alpha value is 0.0800. The Morgan fingerprint density at radius 2 is 2.00 bits per heavy atom. The first-order valence-corrected chi connectivity index (χ1v) is 9.05. The summed E-state index contributed by atoms with van der Waals surface area (Å²) in [4.78, 5) is 0. The summed E-state index contributed by atoms with van der Waals surface area (Å²) in [5, 5.41) is 1.57. The first kappa shape index (κ1) is 10.2. The molecule has 12 heavy (non-hydrogen) atoms. The van der Waals surface area contributed by atoms with Gasteiger partial charge >= 0.3 is 78.1 Å². The zero-order chi connectivity index (χ0) is 8.65. The van der Waals surface area contributed by atoms with Crippen molar-refractivity contribution in [3.63, 3.8) is 0 Å². The summed E-state index contributed by atoms with van der Waals surface area (Å²) in [5.74, 6) is 0. The van der Waals surface area contributed by atoms with Gasteiger partial charge in [0.05, 0.1) is 0 Å². The van der Waals surface area contributed by atoms with Gasteiger partial charge in [-0.05, 0) is 0 Å². The average Bonchev–Trinajstić information content (AvgIpc) is 2.14. The van der Waals surface area contributed by atoms with Crippen LogP contribution in [0.15, 0.2) is 30.3 Å². The van der Waals surface area contributed by atoms with Crippen molar-refractivity contribution in [1.29, 1.82) is 0 Å². The molecule has 0 bridgehead atoms. The topological polar surface area (TPSA) is 0 Å². The molecule has 1 aromatic rings. The van der Waals surface area contributed by atoms with Crippen molar-refractivity contribution in [2.75, 3.05) is 6.16 Å². The van der Waals surface area contributed by atoms with E-state index in [1.54, 1.807) is 5.30 Å². The third-order valence-corrected chi connectivity index (χ3v) is 6.76. The average molecular weight is 200 g/mol. The molecule has 0 saturated heterocycles. The Morgan fingerprint density at radius 1 is 1.25 bits per heavy atom. The molecule has 0 fully saturated rings. The first-order valence-electron chi connectivity index (χ1n) is 4.72. The summed E-state index contributed by atoms with van der Waals surface area (Å²) in [6, 6.07) is 10.9. The monoisotopic (exact) mass is 200 g/mol. The molecule has 0 aliphatic carbocycles. The minimum atomic E-state index is 0.230.